The Morgan fingerprint density at radius 3 is 2.68 bits per heavy atom. The number of fused-ring (bicyclic) bond motifs is 1. The van der Waals surface area contributed by atoms with E-state index >= 15 is 0 Å². The first-order valence-electron chi connectivity index (χ1n) is 8.22. The predicted molar refractivity (Wildman–Crippen MR) is 102 cm³/mol. The van der Waals surface area contributed by atoms with Crippen molar-refractivity contribution in [3.05, 3.63) is 46.9 Å². The number of hydroxylamine groups is 2. The van der Waals surface area contributed by atoms with Gasteiger partial charge in [0.15, 0.2) is 5.65 Å². The molecule has 0 unspecified atom stereocenters. The van der Waals surface area contributed by atoms with Gasteiger partial charge in [0.05, 0.1) is 24.6 Å². The number of hydrogen-bond acceptors (Lipinski definition) is 4. The molecule has 2 rings (SSSR count). The third-order valence-electron chi connectivity index (χ3n) is 3.28. The van der Waals surface area contributed by atoms with Crippen molar-refractivity contribution in [2.45, 2.75) is 34.1 Å². The van der Waals surface area contributed by atoms with Crippen LogP contribution in [0.3, 0.4) is 0 Å². The van der Waals surface area contributed by atoms with Gasteiger partial charge in [0, 0.05) is 13.2 Å². The Hall–Kier alpha value is -2.18. The second-order valence-electron chi connectivity index (χ2n) is 4.82. The smallest absolute Gasteiger partial charge is 0.274 e. The maximum Gasteiger partial charge on any atom is 0.280 e. The van der Waals surface area contributed by atoms with Crippen molar-refractivity contribution < 1.29 is 9.63 Å². The number of aromatic nitrogens is 3. The largest absolute Gasteiger partial charge is 0.280 e. The molecule has 0 saturated heterocycles. The van der Waals surface area contributed by atoms with Crippen LogP contribution in [0.4, 0.5) is 0 Å². The number of carbonyl (C=O) groups is 1. The summed E-state index contributed by atoms with van der Waals surface area (Å²) in [5.41, 5.74) is 2.29. The van der Waals surface area contributed by atoms with Crippen LogP contribution in [0.1, 0.15) is 50.2 Å². The lowest BCUT2D eigenvalue weighted by atomic mass is 10.0. The first kappa shape index (κ1) is 20.9. The van der Waals surface area contributed by atoms with Gasteiger partial charge in [0.2, 0.25) is 0 Å². The highest BCUT2D eigenvalue weighted by Crippen LogP contribution is 2.24. The summed E-state index contributed by atoms with van der Waals surface area (Å²) in [6.45, 7) is 7.94. The van der Waals surface area contributed by atoms with Crippen molar-refractivity contribution in [1.29, 1.82) is 0 Å². The Bertz CT molecular complexity index is 781. The summed E-state index contributed by atoms with van der Waals surface area (Å²) in [6.07, 6.45) is 9.75. The van der Waals surface area contributed by atoms with Gasteiger partial charge in [-0.2, -0.15) is 5.10 Å². The van der Waals surface area contributed by atoms with Gasteiger partial charge in [-0.3, -0.25) is 9.63 Å². The molecule has 0 saturated carbocycles. The topological polar surface area (TPSA) is 59.7 Å². The Morgan fingerprint density at radius 1 is 1.44 bits per heavy atom. The number of nitrogens with zero attached hydrogens (tertiary/aromatic N) is 4. The second kappa shape index (κ2) is 9.96. The molecule has 0 spiro atoms. The van der Waals surface area contributed by atoms with E-state index in [2.05, 4.69) is 10.1 Å². The van der Waals surface area contributed by atoms with E-state index in [1.165, 1.54) is 17.8 Å². The van der Waals surface area contributed by atoms with E-state index in [1.54, 1.807) is 13.2 Å². The quantitative estimate of drug-likeness (QED) is 0.582. The average molecular weight is 365 g/mol. The minimum Gasteiger partial charge on any atom is -0.274 e. The SMILES string of the molecule is C/C=C\C(=C/CC)c1nc2c(Cl)cnn2cc1C(=O)N(C)OC.CC. The van der Waals surface area contributed by atoms with Crippen LogP contribution in [0.2, 0.25) is 5.02 Å². The summed E-state index contributed by atoms with van der Waals surface area (Å²) >= 11 is 6.12. The number of hydrogen-bond donors (Lipinski definition) is 0. The van der Waals surface area contributed by atoms with Crippen molar-refractivity contribution in [2.75, 3.05) is 14.2 Å². The van der Waals surface area contributed by atoms with Crippen molar-refractivity contribution in [3.8, 4) is 0 Å². The Labute approximate surface area is 153 Å². The lowest BCUT2D eigenvalue weighted by Crippen LogP contribution is -2.27. The number of allylic oxidation sites excluding steroid dienone is 4. The summed E-state index contributed by atoms with van der Waals surface area (Å²) in [4.78, 5) is 22.2. The van der Waals surface area contributed by atoms with Crippen LogP contribution in [0.5, 0.6) is 0 Å². The van der Waals surface area contributed by atoms with Crippen LogP contribution in [-0.4, -0.2) is 39.7 Å². The first-order chi connectivity index (χ1) is 12.0. The average Bonchev–Trinajstić information content (AvgIpc) is 3.01. The van der Waals surface area contributed by atoms with Gasteiger partial charge >= 0.3 is 0 Å². The molecule has 0 radical (unpaired) electrons. The van der Waals surface area contributed by atoms with E-state index < -0.39 is 0 Å². The molecule has 0 aromatic carbocycles. The molecule has 0 aliphatic rings. The van der Waals surface area contributed by atoms with Crippen LogP contribution in [0.25, 0.3) is 11.2 Å². The molecule has 0 aliphatic heterocycles. The van der Waals surface area contributed by atoms with Crippen LogP contribution >= 0.6 is 11.6 Å². The van der Waals surface area contributed by atoms with Crippen molar-refractivity contribution in [1.82, 2.24) is 19.7 Å². The minimum atomic E-state index is -0.310. The number of rotatable bonds is 5. The van der Waals surface area contributed by atoms with E-state index in [9.17, 15) is 4.79 Å². The molecule has 2 aromatic rings. The highest BCUT2D eigenvalue weighted by molar-refractivity contribution is 6.33. The lowest BCUT2D eigenvalue weighted by molar-refractivity contribution is -0.0757. The fourth-order valence-corrected chi connectivity index (χ4v) is 2.33. The Balaban J connectivity index is 0.00000151. The minimum absolute atomic E-state index is 0.310. The second-order valence-corrected chi connectivity index (χ2v) is 5.22. The highest BCUT2D eigenvalue weighted by atomic mass is 35.5. The van der Waals surface area contributed by atoms with Gasteiger partial charge in [-0.1, -0.05) is 50.6 Å². The zero-order chi connectivity index (χ0) is 19.0. The molecule has 2 heterocycles. The summed E-state index contributed by atoms with van der Waals surface area (Å²) in [5.74, 6) is -0.310. The van der Waals surface area contributed by atoms with Crippen molar-refractivity contribution >= 4 is 28.7 Å². The summed E-state index contributed by atoms with van der Waals surface area (Å²) in [6, 6.07) is 0. The Kier molecular flexibility index (Phi) is 8.31. The van der Waals surface area contributed by atoms with Gasteiger partial charge in [-0.15, -0.1) is 0 Å². The molecular formula is C18H25ClN4O2. The van der Waals surface area contributed by atoms with Gasteiger partial charge in [-0.05, 0) is 18.9 Å². The molecule has 2 aromatic heterocycles. The van der Waals surface area contributed by atoms with Crippen molar-refractivity contribution in [2.24, 2.45) is 0 Å². The predicted octanol–water partition coefficient (Wildman–Crippen LogP) is 4.41. The van der Waals surface area contributed by atoms with Gasteiger partial charge in [0.1, 0.15) is 5.02 Å². The Morgan fingerprint density at radius 2 is 2.12 bits per heavy atom. The lowest BCUT2D eigenvalue weighted by Gasteiger charge is -2.16. The van der Waals surface area contributed by atoms with Gasteiger partial charge in [-0.25, -0.2) is 14.6 Å². The third-order valence-corrected chi connectivity index (χ3v) is 3.55. The van der Waals surface area contributed by atoms with E-state index in [0.29, 0.717) is 21.9 Å². The van der Waals surface area contributed by atoms with Crippen LogP contribution in [0, 0.1) is 0 Å². The molecule has 0 N–H and O–H groups in total. The summed E-state index contributed by atoms with van der Waals surface area (Å²) < 4.78 is 1.49. The summed E-state index contributed by atoms with van der Waals surface area (Å²) in [7, 11) is 2.98. The normalized spacial score (nSPS) is 11.6. The molecule has 0 fully saturated rings. The van der Waals surface area contributed by atoms with E-state index in [4.69, 9.17) is 16.4 Å². The van der Waals surface area contributed by atoms with Crippen molar-refractivity contribution in [3.63, 3.8) is 0 Å². The number of carbonyl (C=O) groups excluding carboxylic acids is 1. The van der Waals surface area contributed by atoms with E-state index in [0.717, 1.165) is 17.1 Å². The molecule has 7 heteroatoms. The number of amides is 1. The fraction of sp³-hybridized carbons (Fsp3) is 0.389. The summed E-state index contributed by atoms with van der Waals surface area (Å²) in [5, 5.41) is 5.69. The molecule has 0 bridgehead atoms. The van der Waals surface area contributed by atoms with E-state index in [1.807, 2.05) is 45.9 Å². The third kappa shape index (κ3) is 4.67. The zero-order valence-corrected chi connectivity index (χ0v) is 16.3. The van der Waals surface area contributed by atoms with Crippen LogP contribution in [0.15, 0.2) is 30.6 Å². The highest BCUT2D eigenvalue weighted by Gasteiger charge is 2.21. The monoisotopic (exact) mass is 364 g/mol. The molecule has 1 amide bonds. The van der Waals surface area contributed by atoms with Gasteiger partial charge < -0.3 is 0 Å². The fourth-order valence-electron chi connectivity index (χ4n) is 2.16. The molecule has 0 atom stereocenters. The number of halogens is 1. The molecular weight excluding hydrogens is 340 g/mol. The maximum atomic E-state index is 12.6. The maximum absolute atomic E-state index is 12.6. The molecule has 25 heavy (non-hydrogen) atoms. The van der Waals surface area contributed by atoms with E-state index in [-0.39, 0.29) is 5.91 Å². The first-order valence-corrected chi connectivity index (χ1v) is 8.60. The van der Waals surface area contributed by atoms with Gasteiger partial charge in [0.25, 0.3) is 5.91 Å². The van der Waals surface area contributed by atoms with Crippen LogP contribution < -0.4 is 0 Å². The zero-order valence-electron chi connectivity index (χ0n) is 15.6. The molecule has 136 valence electrons. The molecule has 6 nitrogen and oxygen atoms in total. The molecule has 0 aliphatic carbocycles. The standard InChI is InChI=1S/C16H19ClN4O2.C2H6/c1-5-7-11(8-6-2)14-12(16(22)20(3)23-4)10-21-15(19-14)13(17)9-18-21;1-2/h5,7-10H,6H2,1-4H3;1-2H3/b7-5-,11-8+;. The van der Waals surface area contributed by atoms with Crippen LogP contribution in [-0.2, 0) is 4.84 Å².